The number of hydrogen-bond donors (Lipinski definition) is 0. The highest BCUT2D eigenvalue weighted by molar-refractivity contribution is 5.77. The van der Waals surface area contributed by atoms with Gasteiger partial charge in [0.1, 0.15) is 17.1 Å². The van der Waals surface area contributed by atoms with Gasteiger partial charge in [0.25, 0.3) is 0 Å². The van der Waals surface area contributed by atoms with Crippen LogP contribution in [0.5, 0.6) is 11.5 Å². The summed E-state index contributed by atoms with van der Waals surface area (Å²) in [6.07, 6.45) is 2.33. The van der Waals surface area contributed by atoms with Crippen LogP contribution in [0.3, 0.4) is 0 Å². The Labute approximate surface area is 107 Å². The van der Waals surface area contributed by atoms with Crippen LogP contribution >= 0.6 is 0 Å². The third kappa shape index (κ3) is 1.78. The number of ether oxygens (including phenoxy) is 2. The van der Waals surface area contributed by atoms with E-state index in [0.29, 0.717) is 6.42 Å². The molecule has 0 aliphatic carbocycles. The lowest BCUT2D eigenvalue weighted by molar-refractivity contribution is -0.135. The summed E-state index contributed by atoms with van der Waals surface area (Å²) in [6, 6.07) is 4.05. The largest absolute Gasteiger partial charge is 0.487 e. The fraction of sp³-hybridized carbons (Fsp3) is 0.533. The van der Waals surface area contributed by atoms with Crippen LogP contribution in [-0.4, -0.2) is 11.6 Å². The van der Waals surface area contributed by atoms with Gasteiger partial charge in [-0.15, -0.1) is 0 Å². The van der Waals surface area contributed by atoms with Crippen LogP contribution < -0.4 is 9.47 Å². The molecule has 0 N–H and O–H groups in total. The van der Waals surface area contributed by atoms with E-state index < -0.39 is 0 Å². The van der Waals surface area contributed by atoms with Gasteiger partial charge in [0.2, 0.25) is 0 Å². The number of carbonyl (C=O) groups is 1. The average Bonchev–Trinajstić information content (AvgIpc) is 2.26. The van der Waals surface area contributed by atoms with E-state index >= 15 is 0 Å². The molecule has 1 atom stereocenters. The third-order valence-electron chi connectivity index (χ3n) is 3.83. The van der Waals surface area contributed by atoms with E-state index in [1.807, 2.05) is 12.1 Å². The Balaban J connectivity index is 2.09. The third-order valence-corrected chi connectivity index (χ3v) is 3.83. The van der Waals surface area contributed by atoms with Crippen molar-refractivity contribution in [2.75, 3.05) is 0 Å². The van der Waals surface area contributed by atoms with Crippen molar-refractivity contribution >= 4 is 5.97 Å². The molecular weight excluding hydrogens is 228 g/mol. The van der Waals surface area contributed by atoms with Gasteiger partial charge in [-0.2, -0.15) is 0 Å². The van der Waals surface area contributed by atoms with Crippen molar-refractivity contribution in [2.24, 2.45) is 0 Å². The standard InChI is InChI=1S/C15H18O3/c1-9-8-13(16)17-14-10(9)4-5-12-11(14)6-7-15(2,3)18-12/h4-5,9H,6-8H2,1-3H3. The Morgan fingerprint density at radius 3 is 2.89 bits per heavy atom. The van der Waals surface area contributed by atoms with Gasteiger partial charge >= 0.3 is 5.97 Å². The molecule has 3 nitrogen and oxygen atoms in total. The number of rotatable bonds is 0. The van der Waals surface area contributed by atoms with Crippen molar-refractivity contribution in [3.63, 3.8) is 0 Å². The molecule has 0 saturated heterocycles. The zero-order chi connectivity index (χ0) is 12.9. The van der Waals surface area contributed by atoms with E-state index in [1.165, 1.54) is 0 Å². The van der Waals surface area contributed by atoms with Crippen LogP contribution in [0.4, 0.5) is 0 Å². The van der Waals surface area contributed by atoms with Gasteiger partial charge in [-0.3, -0.25) is 4.79 Å². The summed E-state index contributed by atoms with van der Waals surface area (Å²) in [7, 11) is 0. The zero-order valence-electron chi connectivity index (χ0n) is 11.1. The minimum Gasteiger partial charge on any atom is -0.487 e. The minimum absolute atomic E-state index is 0.131. The molecule has 3 rings (SSSR count). The maximum Gasteiger partial charge on any atom is 0.311 e. The second kappa shape index (κ2) is 3.74. The second-order valence-electron chi connectivity index (χ2n) is 5.90. The molecule has 3 heteroatoms. The summed E-state index contributed by atoms with van der Waals surface area (Å²) in [5, 5.41) is 0. The molecule has 2 aliphatic rings. The predicted octanol–water partition coefficient (Wildman–Crippen LogP) is 3.20. The van der Waals surface area contributed by atoms with Gasteiger partial charge in [0.15, 0.2) is 0 Å². The first-order valence-electron chi connectivity index (χ1n) is 6.52. The fourth-order valence-electron chi connectivity index (χ4n) is 2.76. The Bertz CT molecular complexity index is 517. The zero-order valence-corrected chi connectivity index (χ0v) is 11.1. The van der Waals surface area contributed by atoms with Crippen LogP contribution in [0.25, 0.3) is 0 Å². The normalized spacial score (nSPS) is 24.6. The van der Waals surface area contributed by atoms with E-state index in [-0.39, 0.29) is 17.5 Å². The quantitative estimate of drug-likeness (QED) is 0.521. The van der Waals surface area contributed by atoms with Gasteiger partial charge in [-0.1, -0.05) is 13.0 Å². The van der Waals surface area contributed by atoms with Crippen LogP contribution in [0.15, 0.2) is 12.1 Å². The van der Waals surface area contributed by atoms with Crippen molar-refractivity contribution in [3.05, 3.63) is 23.3 Å². The van der Waals surface area contributed by atoms with Crippen molar-refractivity contribution in [1.82, 2.24) is 0 Å². The van der Waals surface area contributed by atoms with Gasteiger partial charge in [-0.05, 0) is 44.2 Å². The summed E-state index contributed by atoms with van der Waals surface area (Å²) in [4.78, 5) is 11.6. The molecule has 18 heavy (non-hydrogen) atoms. The first kappa shape index (κ1) is 11.6. The molecule has 96 valence electrons. The lowest BCUT2D eigenvalue weighted by Gasteiger charge is -2.35. The molecule has 0 fully saturated rings. The van der Waals surface area contributed by atoms with E-state index in [1.54, 1.807) is 0 Å². The molecule has 0 spiro atoms. The highest BCUT2D eigenvalue weighted by Crippen LogP contribution is 2.44. The summed E-state index contributed by atoms with van der Waals surface area (Å²) in [5.41, 5.74) is 2.06. The molecule has 0 bridgehead atoms. The molecule has 0 amide bonds. The maximum absolute atomic E-state index is 11.6. The molecule has 2 heterocycles. The predicted molar refractivity (Wildman–Crippen MR) is 68.1 cm³/mol. The molecule has 2 aliphatic heterocycles. The van der Waals surface area contributed by atoms with Crippen molar-refractivity contribution in [2.45, 2.75) is 51.6 Å². The molecule has 0 saturated carbocycles. The smallest absolute Gasteiger partial charge is 0.311 e. The SMILES string of the molecule is CC1CC(=O)Oc2c1ccc1c2CCC(C)(C)O1. The number of hydrogen-bond acceptors (Lipinski definition) is 3. The van der Waals surface area contributed by atoms with Crippen LogP contribution in [0.2, 0.25) is 0 Å². The topological polar surface area (TPSA) is 35.5 Å². The van der Waals surface area contributed by atoms with Crippen molar-refractivity contribution in [1.29, 1.82) is 0 Å². The highest BCUT2D eigenvalue weighted by atomic mass is 16.5. The number of benzene rings is 1. The lowest BCUT2D eigenvalue weighted by Crippen LogP contribution is -2.33. The number of esters is 1. The van der Waals surface area contributed by atoms with Gasteiger partial charge in [0.05, 0.1) is 6.42 Å². The molecule has 0 radical (unpaired) electrons. The number of carbonyl (C=O) groups excluding carboxylic acids is 1. The van der Waals surface area contributed by atoms with Crippen molar-refractivity contribution < 1.29 is 14.3 Å². The van der Waals surface area contributed by atoms with Crippen molar-refractivity contribution in [3.8, 4) is 11.5 Å². The van der Waals surface area contributed by atoms with E-state index in [0.717, 1.165) is 35.5 Å². The molecular formula is C15H18O3. The maximum atomic E-state index is 11.6. The summed E-state index contributed by atoms with van der Waals surface area (Å²) >= 11 is 0. The Morgan fingerprint density at radius 1 is 1.33 bits per heavy atom. The van der Waals surface area contributed by atoms with Gasteiger partial charge in [-0.25, -0.2) is 0 Å². The Kier molecular flexibility index (Phi) is 2.40. The van der Waals surface area contributed by atoms with E-state index in [4.69, 9.17) is 9.47 Å². The molecule has 1 unspecified atom stereocenters. The second-order valence-corrected chi connectivity index (χ2v) is 5.90. The molecule has 1 aromatic rings. The first-order chi connectivity index (χ1) is 8.46. The Morgan fingerprint density at radius 2 is 2.11 bits per heavy atom. The summed E-state index contributed by atoms with van der Waals surface area (Å²) < 4.78 is 11.4. The first-order valence-corrected chi connectivity index (χ1v) is 6.52. The monoisotopic (exact) mass is 246 g/mol. The average molecular weight is 246 g/mol. The van der Waals surface area contributed by atoms with E-state index in [9.17, 15) is 4.79 Å². The molecule has 1 aromatic carbocycles. The minimum atomic E-state index is -0.133. The van der Waals surface area contributed by atoms with Crippen LogP contribution in [0, 0.1) is 0 Å². The van der Waals surface area contributed by atoms with Crippen LogP contribution in [0.1, 0.15) is 50.7 Å². The fourth-order valence-corrected chi connectivity index (χ4v) is 2.76. The summed E-state index contributed by atoms with van der Waals surface area (Å²) in [5.74, 6) is 1.73. The molecule has 0 aromatic heterocycles. The van der Waals surface area contributed by atoms with E-state index in [2.05, 4.69) is 20.8 Å². The summed E-state index contributed by atoms with van der Waals surface area (Å²) in [6.45, 7) is 6.24. The van der Waals surface area contributed by atoms with Crippen LogP contribution in [-0.2, 0) is 11.2 Å². The number of fused-ring (bicyclic) bond motifs is 3. The highest BCUT2D eigenvalue weighted by Gasteiger charge is 2.33. The Hall–Kier alpha value is -1.51. The van der Waals surface area contributed by atoms with Gasteiger partial charge < -0.3 is 9.47 Å². The van der Waals surface area contributed by atoms with Gasteiger partial charge in [0, 0.05) is 5.56 Å². The lowest BCUT2D eigenvalue weighted by atomic mass is 9.87.